The van der Waals surface area contributed by atoms with Crippen LogP contribution in [0.1, 0.15) is 91.7 Å². The average molecular weight is 796 g/mol. The molecule has 0 spiro atoms. The molecule has 4 fully saturated rings. The molecule has 3 amide bonds. The first kappa shape index (κ1) is 39.1. The van der Waals surface area contributed by atoms with Crippen LogP contribution in [0, 0.1) is 23.2 Å². The molecule has 0 bridgehead atoms. The Bertz CT molecular complexity index is 2010. The van der Waals surface area contributed by atoms with Gasteiger partial charge in [0.05, 0.1) is 24.9 Å². The number of likely N-dealkylation sites (tertiary alicyclic amines) is 1. The first-order chi connectivity index (χ1) is 26.0. The summed E-state index contributed by atoms with van der Waals surface area (Å²) in [4.78, 5) is 65.6. The maximum absolute atomic E-state index is 14.7. The number of nitrogens with zero attached hydrogens (tertiary/aromatic N) is 3. The van der Waals surface area contributed by atoms with Crippen molar-refractivity contribution >= 4 is 57.7 Å². The second-order valence-corrected chi connectivity index (χ2v) is 18.2. The van der Waals surface area contributed by atoms with Gasteiger partial charge >= 0.3 is 12.1 Å². The van der Waals surface area contributed by atoms with Crippen molar-refractivity contribution in [3.05, 3.63) is 34.3 Å². The minimum Gasteiger partial charge on any atom is -0.495 e. The topological polar surface area (TPSA) is 169 Å². The molecular weight excluding hydrogens is 746 g/mol. The van der Waals surface area contributed by atoms with Crippen molar-refractivity contribution in [1.29, 1.82) is 0 Å². The Kier molecular flexibility index (Phi) is 10.5. The average Bonchev–Trinajstić information content (AvgIpc) is 3.77. The molecule has 1 aliphatic heterocycles. The third-order valence-electron chi connectivity index (χ3n) is 11.7. The monoisotopic (exact) mass is 795 g/mol. The fourth-order valence-corrected chi connectivity index (χ4v) is 9.49. The highest BCUT2D eigenvalue weighted by atomic mass is 35.5. The Hall–Kier alpha value is -4.17. The first-order valence-electron chi connectivity index (χ1n) is 19.2. The lowest BCUT2D eigenvalue weighted by atomic mass is 9.85. The summed E-state index contributed by atoms with van der Waals surface area (Å²) < 4.78 is 18.0. The van der Waals surface area contributed by atoms with Crippen molar-refractivity contribution < 1.29 is 38.5 Å². The number of alkyl carbamates (subject to hydrolysis) is 1. The Morgan fingerprint density at radius 1 is 1.07 bits per heavy atom. The van der Waals surface area contributed by atoms with E-state index in [9.17, 15) is 24.3 Å². The van der Waals surface area contributed by atoms with Gasteiger partial charge in [-0.3, -0.25) is 9.59 Å². The number of aromatic nitrogens is 2. The number of aliphatic carboxylic acids is 1. The fraction of sp³-hybridized carbons (Fsp3) is 0.600. The highest BCUT2D eigenvalue weighted by Crippen LogP contribution is 2.52. The van der Waals surface area contributed by atoms with Crippen LogP contribution in [0.4, 0.5) is 4.79 Å². The van der Waals surface area contributed by atoms with Gasteiger partial charge in [-0.15, -0.1) is 11.3 Å². The van der Waals surface area contributed by atoms with Gasteiger partial charge in [0.1, 0.15) is 57.1 Å². The SMILES string of the molecule is CCC1C[C@]1(NC(=O)[C@@H]1C[C@@H](Oc2cc(-c3nc(C(C)C)cs3)nc3c(Cl)c(OC)ccc23)CN1C(=O)C(NC(=O)OC1C[C@@H]2C[C@@H]2C1)C(C)(C)C)C(=O)O. The molecule has 3 unspecified atom stereocenters. The molecule has 1 saturated heterocycles. The summed E-state index contributed by atoms with van der Waals surface area (Å²) in [6, 6.07) is 3.16. The van der Waals surface area contributed by atoms with E-state index in [1.54, 1.807) is 18.2 Å². The number of amides is 3. The molecule has 55 heavy (non-hydrogen) atoms. The molecule has 296 valence electrons. The third kappa shape index (κ3) is 7.68. The second-order valence-electron chi connectivity index (χ2n) is 17.0. The van der Waals surface area contributed by atoms with Crippen molar-refractivity contribution in [2.75, 3.05) is 13.7 Å². The summed E-state index contributed by atoms with van der Waals surface area (Å²) in [6.07, 6.45) is 2.21. The lowest BCUT2D eigenvalue weighted by molar-refractivity contribution is -0.146. The van der Waals surface area contributed by atoms with Gasteiger partial charge in [0, 0.05) is 23.3 Å². The van der Waals surface area contributed by atoms with Gasteiger partial charge in [0.2, 0.25) is 11.8 Å². The molecule has 3 heterocycles. The standard InChI is InChI=1S/C40H50ClN5O8S/c1-8-22-16-40(22,37(49)50)45-34(47)28-14-24(17-46(28)36(48)33(39(4,5)6)44-38(51)54-23-12-20-11-21(20)13-23)53-30-15-26(35-43-27(18-55-35)19(2)3)42-32-25(30)9-10-29(52-7)31(32)41/h9-10,15,18-24,28,33H,8,11-14,16-17H2,1-7H3,(H,44,51)(H,45,47)(H,49,50)/t20-,21+,22?,23?,24-,28+,33?,40-/m1/s1. The summed E-state index contributed by atoms with van der Waals surface area (Å²) >= 11 is 8.27. The van der Waals surface area contributed by atoms with Crippen LogP contribution in [0.2, 0.25) is 5.02 Å². The Labute approximate surface area is 329 Å². The lowest BCUT2D eigenvalue weighted by Crippen LogP contribution is -2.59. The zero-order valence-electron chi connectivity index (χ0n) is 32.3. The van der Waals surface area contributed by atoms with E-state index >= 15 is 0 Å². The molecule has 1 aromatic carbocycles. The van der Waals surface area contributed by atoms with Crippen LogP contribution in [0.15, 0.2) is 23.6 Å². The zero-order chi connectivity index (χ0) is 39.6. The van der Waals surface area contributed by atoms with Crippen LogP contribution in [0.25, 0.3) is 21.6 Å². The molecule has 7 rings (SSSR count). The number of carboxylic acids is 1. The van der Waals surface area contributed by atoms with Crippen LogP contribution in [0.3, 0.4) is 0 Å². The summed E-state index contributed by atoms with van der Waals surface area (Å²) in [5.41, 5.74) is -0.276. The summed E-state index contributed by atoms with van der Waals surface area (Å²) in [5, 5.41) is 19.3. The van der Waals surface area contributed by atoms with E-state index in [4.69, 9.17) is 35.8 Å². The minimum atomic E-state index is -1.40. The number of methoxy groups -OCH3 is 1. The molecule has 0 radical (unpaired) electrons. The van der Waals surface area contributed by atoms with E-state index < -0.39 is 53.0 Å². The maximum Gasteiger partial charge on any atom is 0.408 e. The van der Waals surface area contributed by atoms with E-state index in [-0.39, 0.29) is 30.9 Å². The molecular formula is C40H50ClN5O8S. The number of pyridine rings is 1. The van der Waals surface area contributed by atoms with Gasteiger partial charge in [0.15, 0.2) is 0 Å². The number of hydrogen-bond donors (Lipinski definition) is 3. The van der Waals surface area contributed by atoms with Gasteiger partial charge in [-0.2, -0.15) is 0 Å². The quantitative estimate of drug-likeness (QED) is 0.177. The van der Waals surface area contributed by atoms with Gasteiger partial charge in [-0.25, -0.2) is 19.6 Å². The zero-order valence-corrected chi connectivity index (χ0v) is 33.9. The number of thiazole rings is 1. The maximum atomic E-state index is 14.7. The van der Waals surface area contributed by atoms with Crippen molar-refractivity contribution in [2.24, 2.45) is 23.2 Å². The molecule has 3 saturated carbocycles. The number of carbonyl (C=O) groups excluding carboxylic acids is 3. The van der Waals surface area contributed by atoms with E-state index in [2.05, 4.69) is 24.5 Å². The first-order valence-corrected chi connectivity index (χ1v) is 20.4. The predicted molar refractivity (Wildman–Crippen MR) is 207 cm³/mol. The molecule has 8 atom stereocenters. The van der Waals surface area contributed by atoms with E-state index in [0.29, 0.717) is 62.8 Å². The molecule has 4 aliphatic rings. The van der Waals surface area contributed by atoms with Crippen LogP contribution < -0.4 is 20.1 Å². The minimum absolute atomic E-state index is 0.0126. The summed E-state index contributed by atoms with van der Waals surface area (Å²) in [6.45, 7) is 11.5. The van der Waals surface area contributed by atoms with E-state index in [1.165, 1.54) is 29.8 Å². The predicted octanol–water partition coefficient (Wildman–Crippen LogP) is 6.80. The van der Waals surface area contributed by atoms with Crippen molar-refractivity contribution in [3.8, 4) is 22.2 Å². The Morgan fingerprint density at radius 3 is 2.40 bits per heavy atom. The molecule has 13 nitrogen and oxygen atoms in total. The lowest BCUT2D eigenvalue weighted by Gasteiger charge is -2.35. The summed E-state index contributed by atoms with van der Waals surface area (Å²) in [7, 11) is 1.52. The van der Waals surface area contributed by atoms with E-state index in [0.717, 1.165) is 18.5 Å². The van der Waals surface area contributed by atoms with Gasteiger partial charge in [-0.1, -0.05) is 59.6 Å². The van der Waals surface area contributed by atoms with Crippen LogP contribution in [-0.4, -0.2) is 87.3 Å². The van der Waals surface area contributed by atoms with Crippen molar-refractivity contribution in [1.82, 2.24) is 25.5 Å². The second kappa shape index (κ2) is 14.7. The van der Waals surface area contributed by atoms with Crippen LogP contribution in [-0.2, 0) is 19.1 Å². The number of halogens is 1. The number of benzene rings is 1. The van der Waals surface area contributed by atoms with Crippen molar-refractivity contribution in [3.63, 3.8) is 0 Å². The highest BCUT2D eigenvalue weighted by Gasteiger charge is 2.61. The highest BCUT2D eigenvalue weighted by molar-refractivity contribution is 7.13. The molecule has 3 aliphatic carbocycles. The molecule has 2 aromatic heterocycles. The largest absolute Gasteiger partial charge is 0.495 e. The van der Waals surface area contributed by atoms with Crippen LogP contribution in [0.5, 0.6) is 11.5 Å². The molecule has 15 heteroatoms. The Balaban J connectivity index is 1.20. The van der Waals surface area contributed by atoms with E-state index in [1.807, 2.05) is 33.1 Å². The van der Waals surface area contributed by atoms with Crippen molar-refractivity contribution in [2.45, 2.75) is 116 Å². The molecule has 3 aromatic rings. The van der Waals surface area contributed by atoms with Gasteiger partial charge in [-0.05, 0) is 66.9 Å². The number of hydrogen-bond acceptors (Lipinski definition) is 10. The Morgan fingerprint density at radius 2 is 1.80 bits per heavy atom. The number of carbonyl (C=O) groups is 4. The van der Waals surface area contributed by atoms with Gasteiger partial charge in [0.25, 0.3) is 0 Å². The fourth-order valence-electron chi connectivity index (χ4n) is 8.26. The number of ether oxygens (including phenoxy) is 3. The number of carboxylic acid groups (broad SMARTS) is 1. The summed E-state index contributed by atoms with van der Waals surface area (Å²) in [5.74, 6) is -0.133. The number of nitrogens with one attached hydrogen (secondary N) is 2. The number of rotatable bonds is 12. The number of fused-ring (bicyclic) bond motifs is 2. The van der Waals surface area contributed by atoms with Gasteiger partial charge < -0.3 is 34.9 Å². The van der Waals surface area contributed by atoms with Crippen LogP contribution >= 0.6 is 22.9 Å². The molecule has 3 N–H and O–H groups in total. The third-order valence-corrected chi connectivity index (χ3v) is 13.0. The normalized spacial score (nSPS) is 27.4. The smallest absolute Gasteiger partial charge is 0.408 e.